The summed E-state index contributed by atoms with van der Waals surface area (Å²) in [5.74, 6) is -1.53. The van der Waals surface area contributed by atoms with Gasteiger partial charge in [0, 0.05) is 19.2 Å². The molecule has 1 fully saturated rings. The Labute approximate surface area is 160 Å². The molecule has 146 valence electrons. The van der Waals surface area contributed by atoms with E-state index in [1.807, 2.05) is 24.3 Å². The van der Waals surface area contributed by atoms with E-state index in [-0.39, 0.29) is 19.2 Å². The predicted octanol–water partition coefficient (Wildman–Crippen LogP) is 3.14. The molecule has 0 spiro atoms. The molecule has 2 aromatic carbocycles. The van der Waals surface area contributed by atoms with Crippen molar-refractivity contribution in [2.24, 2.45) is 0 Å². The van der Waals surface area contributed by atoms with E-state index in [1.165, 1.54) is 4.31 Å². The summed E-state index contributed by atoms with van der Waals surface area (Å²) >= 11 is 0. The predicted molar refractivity (Wildman–Crippen MR) is 98.3 cm³/mol. The molecule has 4 rings (SSSR count). The normalized spacial score (nSPS) is 16.4. The fraction of sp³-hybridized carbons (Fsp3) is 0.263. The number of piperidine rings is 1. The van der Waals surface area contributed by atoms with Crippen molar-refractivity contribution in [3.05, 3.63) is 60.3 Å². The van der Waals surface area contributed by atoms with Gasteiger partial charge in [-0.2, -0.15) is 4.31 Å². The van der Waals surface area contributed by atoms with Crippen molar-refractivity contribution in [3.63, 3.8) is 0 Å². The second-order valence-corrected chi connectivity index (χ2v) is 8.40. The molecule has 0 radical (unpaired) electrons. The van der Waals surface area contributed by atoms with Crippen LogP contribution in [0.5, 0.6) is 5.88 Å². The van der Waals surface area contributed by atoms with Crippen LogP contribution in [0.4, 0.5) is 8.78 Å². The standard InChI is InChI=1S/C19H17F2N3O3S/c20-13-5-6-18(15(21)11-13)28(25,26)24-9-7-14(8-10-24)27-19-12-22-16-3-1-2-4-17(16)23-19/h1-6,11-12,14H,7-10H2. The van der Waals surface area contributed by atoms with Crippen LogP contribution < -0.4 is 4.74 Å². The van der Waals surface area contributed by atoms with Crippen molar-refractivity contribution in [1.82, 2.24) is 14.3 Å². The molecule has 0 amide bonds. The van der Waals surface area contributed by atoms with Crippen molar-refractivity contribution in [1.29, 1.82) is 0 Å². The van der Waals surface area contributed by atoms with Gasteiger partial charge in [-0.3, -0.25) is 0 Å². The third-order valence-corrected chi connectivity index (χ3v) is 6.56. The lowest BCUT2D eigenvalue weighted by atomic mass is 10.1. The third-order valence-electron chi connectivity index (χ3n) is 4.63. The molecule has 0 unspecified atom stereocenters. The van der Waals surface area contributed by atoms with Crippen molar-refractivity contribution in [3.8, 4) is 5.88 Å². The second-order valence-electron chi connectivity index (χ2n) is 6.49. The molecule has 0 atom stereocenters. The van der Waals surface area contributed by atoms with Gasteiger partial charge in [0.25, 0.3) is 0 Å². The van der Waals surface area contributed by atoms with Crippen LogP contribution in [0.1, 0.15) is 12.8 Å². The van der Waals surface area contributed by atoms with Gasteiger partial charge in [-0.15, -0.1) is 0 Å². The minimum atomic E-state index is -4.03. The van der Waals surface area contributed by atoms with Gasteiger partial charge in [0.05, 0.1) is 17.2 Å². The van der Waals surface area contributed by atoms with E-state index in [4.69, 9.17) is 4.74 Å². The number of ether oxygens (including phenoxy) is 1. The Morgan fingerprint density at radius 1 is 1.04 bits per heavy atom. The zero-order valence-corrected chi connectivity index (χ0v) is 15.6. The molecule has 0 N–H and O–H groups in total. The van der Waals surface area contributed by atoms with Gasteiger partial charge in [-0.05, 0) is 37.1 Å². The highest BCUT2D eigenvalue weighted by atomic mass is 32.2. The maximum atomic E-state index is 13.9. The second kappa shape index (κ2) is 7.40. The van der Waals surface area contributed by atoms with Crippen LogP contribution in [0.2, 0.25) is 0 Å². The summed E-state index contributed by atoms with van der Waals surface area (Å²) in [4.78, 5) is 8.17. The maximum absolute atomic E-state index is 13.9. The quantitative estimate of drug-likeness (QED) is 0.667. The summed E-state index contributed by atoms with van der Waals surface area (Å²) in [6.07, 6.45) is 2.17. The number of halogens is 2. The number of rotatable bonds is 4. The van der Waals surface area contributed by atoms with Crippen molar-refractivity contribution in [2.75, 3.05) is 13.1 Å². The maximum Gasteiger partial charge on any atom is 0.245 e. The van der Waals surface area contributed by atoms with Gasteiger partial charge in [-0.25, -0.2) is 27.2 Å². The molecule has 1 aliphatic rings. The summed E-state index contributed by atoms with van der Waals surface area (Å²) in [6.45, 7) is 0.343. The number of para-hydroxylation sites is 2. The van der Waals surface area contributed by atoms with Gasteiger partial charge in [-0.1, -0.05) is 12.1 Å². The van der Waals surface area contributed by atoms with E-state index < -0.39 is 26.6 Å². The summed E-state index contributed by atoms with van der Waals surface area (Å²) < 4.78 is 59.3. The lowest BCUT2D eigenvalue weighted by Crippen LogP contribution is -2.42. The van der Waals surface area contributed by atoms with E-state index in [0.29, 0.717) is 30.3 Å². The molecular formula is C19H17F2N3O3S. The third kappa shape index (κ3) is 3.67. The van der Waals surface area contributed by atoms with Gasteiger partial charge in [0.15, 0.2) is 0 Å². The van der Waals surface area contributed by atoms with Crippen LogP contribution in [0.3, 0.4) is 0 Å². The molecule has 1 aromatic heterocycles. The Morgan fingerprint density at radius 3 is 2.46 bits per heavy atom. The Kier molecular flexibility index (Phi) is 4.94. The SMILES string of the molecule is O=S(=O)(c1ccc(F)cc1F)N1CCC(Oc2cnc3ccccc3n2)CC1. The van der Waals surface area contributed by atoms with Gasteiger partial charge in [0.2, 0.25) is 15.9 Å². The van der Waals surface area contributed by atoms with Crippen molar-refractivity contribution in [2.45, 2.75) is 23.8 Å². The van der Waals surface area contributed by atoms with Crippen LogP contribution in [-0.4, -0.2) is 41.9 Å². The lowest BCUT2D eigenvalue weighted by molar-refractivity contribution is 0.130. The zero-order valence-electron chi connectivity index (χ0n) is 14.8. The van der Waals surface area contributed by atoms with Crippen molar-refractivity contribution < 1.29 is 21.9 Å². The topological polar surface area (TPSA) is 72.4 Å². The molecular weight excluding hydrogens is 388 g/mol. The molecule has 1 saturated heterocycles. The molecule has 6 nitrogen and oxygen atoms in total. The smallest absolute Gasteiger partial charge is 0.245 e. The number of hydrogen-bond acceptors (Lipinski definition) is 5. The van der Waals surface area contributed by atoms with E-state index in [1.54, 1.807) is 6.20 Å². The van der Waals surface area contributed by atoms with Crippen LogP contribution in [-0.2, 0) is 10.0 Å². The molecule has 0 saturated carbocycles. The zero-order chi connectivity index (χ0) is 19.7. The van der Waals surface area contributed by atoms with E-state index in [2.05, 4.69) is 9.97 Å². The number of fused-ring (bicyclic) bond motifs is 1. The summed E-state index contributed by atoms with van der Waals surface area (Å²) in [5, 5.41) is 0. The highest BCUT2D eigenvalue weighted by Crippen LogP contribution is 2.25. The molecule has 2 heterocycles. The van der Waals surface area contributed by atoms with Gasteiger partial charge < -0.3 is 4.74 Å². The summed E-state index contributed by atoms with van der Waals surface area (Å²) in [7, 11) is -4.03. The average molecular weight is 405 g/mol. The van der Waals surface area contributed by atoms with Crippen LogP contribution in [0.25, 0.3) is 11.0 Å². The average Bonchev–Trinajstić information content (AvgIpc) is 2.68. The van der Waals surface area contributed by atoms with Gasteiger partial charge >= 0.3 is 0 Å². The molecule has 9 heteroatoms. The largest absolute Gasteiger partial charge is 0.473 e. The Morgan fingerprint density at radius 2 is 1.75 bits per heavy atom. The highest BCUT2D eigenvalue weighted by molar-refractivity contribution is 7.89. The number of benzene rings is 2. The first-order chi connectivity index (χ1) is 13.4. The molecule has 3 aromatic rings. The monoisotopic (exact) mass is 405 g/mol. The van der Waals surface area contributed by atoms with E-state index >= 15 is 0 Å². The first kappa shape index (κ1) is 18.7. The first-order valence-electron chi connectivity index (χ1n) is 8.77. The minimum Gasteiger partial charge on any atom is -0.473 e. The molecule has 1 aliphatic heterocycles. The van der Waals surface area contributed by atoms with Crippen LogP contribution in [0.15, 0.2) is 53.6 Å². The number of nitrogens with zero attached hydrogens (tertiary/aromatic N) is 3. The van der Waals surface area contributed by atoms with Crippen LogP contribution in [0, 0.1) is 11.6 Å². The van der Waals surface area contributed by atoms with Crippen molar-refractivity contribution >= 4 is 21.1 Å². The Bertz CT molecular complexity index is 1120. The number of sulfonamides is 1. The van der Waals surface area contributed by atoms with E-state index in [0.717, 1.165) is 17.6 Å². The molecule has 0 aliphatic carbocycles. The van der Waals surface area contributed by atoms with Gasteiger partial charge in [0.1, 0.15) is 22.6 Å². The molecule has 0 bridgehead atoms. The Balaban J connectivity index is 1.43. The Hall–Kier alpha value is -2.65. The number of aromatic nitrogens is 2. The summed E-state index contributed by atoms with van der Waals surface area (Å²) in [5.41, 5.74) is 1.48. The fourth-order valence-electron chi connectivity index (χ4n) is 3.18. The number of hydrogen-bond donors (Lipinski definition) is 0. The van der Waals surface area contributed by atoms with E-state index in [9.17, 15) is 17.2 Å². The first-order valence-corrected chi connectivity index (χ1v) is 10.2. The minimum absolute atomic E-state index is 0.171. The summed E-state index contributed by atoms with van der Waals surface area (Å²) in [6, 6.07) is 9.88. The van der Waals surface area contributed by atoms with Crippen LogP contribution >= 0.6 is 0 Å². The molecule has 28 heavy (non-hydrogen) atoms. The fourth-order valence-corrected chi connectivity index (χ4v) is 4.70. The lowest BCUT2D eigenvalue weighted by Gasteiger charge is -2.31. The highest BCUT2D eigenvalue weighted by Gasteiger charge is 2.32.